The number of halogens is 1. The third-order valence-electron chi connectivity index (χ3n) is 3.82. The Bertz CT molecular complexity index is 563. The van der Waals surface area contributed by atoms with Gasteiger partial charge >= 0.3 is 0 Å². The minimum Gasteiger partial charge on any atom is -0.270 e. The molecule has 1 unspecified atom stereocenters. The molecule has 7 heteroatoms. The molecule has 2 aromatic rings. The van der Waals surface area contributed by atoms with Gasteiger partial charge < -0.3 is 0 Å². The lowest BCUT2D eigenvalue weighted by molar-refractivity contribution is 0.575. The van der Waals surface area contributed by atoms with Gasteiger partial charge in [-0.1, -0.05) is 11.6 Å². The Kier molecular flexibility index (Phi) is 4.21. The number of aryl methyl sites for hydroxylation is 3. The van der Waals surface area contributed by atoms with Crippen LogP contribution in [-0.4, -0.2) is 15.0 Å². The standard InChI is InChI=1S/C13H18BrN5S/c1-19-12(13(14)17-18-19)11(16-15)10-7-8-5-3-2-4-6-9(8)20-10/h7,11,16H,2-6,15H2,1H3. The van der Waals surface area contributed by atoms with E-state index in [1.165, 1.54) is 47.4 Å². The molecule has 3 rings (SSSR count). The second-order valence-corrected chi connectivity index (χ2v) is 7.07. The van der Waals surface area contributed by atoms with E-state index in [2.05, 4.69) is 37.7 Å². The summed E-state index contributed by atoms with van der Waals surface area (Å²) >= 11 is 5.32. The third kappa shape index (κ3) is 2.55. The molecule has 3 N–H and O–H groups in total. The Morgan fingerprint density at radius 1 is 1.40 bits per heavy atom. The Labute approximate surface area is 130 Å². The average molecular weight is 356 g/mol. The zero-order valence-electron chi connectivity index (χ0n) is 11.4. The van der Waals surface area contributed by atoms with Crippen LogP contribution in [0.25, 0.3) is 0 Å². The van der Waals surface area contributed by atoms with Gasteiger partial charge in [-0.2, -0.15) is 0 Å². The van der Waals surface area contributed by atoms with Gasteiger partial charge in [0.1, 0.15) is 0 Å². The van der Waals surface area contributed by atoms with Crippen LogP contribution in [0, 0.1) is 0 Å². The minimum absolute atomic E-state index is 0.0682. The highest BCUT2D eigenvalue weighted by Crippen LogP contribution is 2.35. The largest absolute Gasteiger partial charge is 0.270 e. The second-order valence-electron chi connectivity index (χ2n) is 5.15. The fraction of sp³-hybridized carbons (Fsp3) is 0.538. The van der Waals surface area contributed by atoms with E-state index in [4.69, 9.17) is 5.84 Å². The molecule has 0 aromatic carbocycles. The summed E-state index contributed by atoms with van der Waals surface area (Å²) in [6.07, 6.45) is 6.31. The predicted molar refractivity (Wildman–Crippen MR) is 83.4 cm³/mol. The molecule has 2 aromatic heterocycles. The van der Waals surface area contributed by atoms with Crippen molar-refractivity contribution < 1.29 is 0 Å². The lowest BCUT2D eigenvalue weighted by Gasteiger charge is -2.14. The molecule has 0 saturated carbocycles. The predicted octanol–water partition coefficient (Wildman–Crippen LogP) is 2.46. The minimum atomic E-state index is -0.0682. The molecule has 0 amide bonds. The van der Waals surface area contributed by atoms with Crippen molar-refractivity contribution in [2.24, 2.45) is 12.9 Å². The van der Waals surface area contributed by atoms with E-state index in [1.54, 1.807) is 4.68 Å². The molecular formula is C13H18BrN5S. The normalized spacial score (nSPS) is 16.8. The lowest BCUT2D eigenvalue weighted by Crippen LogP contribution is -2.30. The molecule has 0 fully saturated rings. The Morgan fingerprint density at radius 3 is 2.90 bits per heavy atom. The second kappa shape index (κ2) is 5.93. The summed E-state index contributed by atoms with van der Waals surface area (Å²) in [5, 5.41) is 8.08. The van der Waals surface area contributed by atoms with E-state index in [0.29, 0.717) is 0 Å². The van der Waals surface area contributed by atoms with Crippen LogP contribution in [0.2, 0.25) is 0 Å². The summed E-state index contributed by atoms with van der Waals surface area (Å²) in [7, 11) is 1.88. The summed E-state index contributed by atoms with van der Waals surface area (Å²) < 4.78 is 2.51. The Balaban J connectivity index is 1.98. The zero-order chi connectivity index (χ0) is 14.1. The van der Waals surface area contributed by atoms with Gasteiger partial charge in [0.05, 0.1) is 11.7 Å². The first kappa shape index (κ1) is 14.2. The van der Waals surface area contributed by atoms with Crippen LogP contribution >= 0.6 is 27.3 Å². The molecule has 20 heavy (non-hydrogen) atoms. The Morgan fingerprint density at radius 2 is 2.20 bits per heavy atom. The lowest BCUT2D eigenvalue weighted by atomic mass is 10.1. The first-order valence-corrected chi connectivity index (χ1v) is 8.44. The number of hydrogen-bond acceptors (Lipinski definition) is 5. The van der Waals surface area contributed by atoms with Crippen molar-refractivity contribution in [3.63, 3.8) is 0 Å². The Hall–Kier alpha value is -0.760. The zero-order valence-corrected chi connectivity index (χ0v) is 13.8. The van der Waals surface area contributed by atoms with Gasteiger partial charge in [0, 0.05) is 16.8 Å². The molecule has 0 radical (unpaired) electrons. The van der Waals surface area contributed by atoms with Crippen molar-refractivity contribution >= 4 is 27.3 Å². The van der Waals surface area contributed by atoms with Crippen molar-refractivity contribution in [3.8, 4) is 0 Å². The molecule has 108 valence electrons. The maximum absolute atomic E-state index is 5.79. The van der Waals surface area contributed by atoms with E-state index in [0.717, 1.165) is 10.3 Å². The molecule has 0 aliphatic heterocycles. The summed E-state index contributed by atoms with van der Waals surface area (Å²) in [5.41, 5.74) is 5.36. The molecule has 2 heterocycles. The van der Waals surface area contributed by atoms with Gasteiger partial charge in [0.25, 0.3) is 0 Å². The molecule has 5 nitrogen and oxygen atoms in total. The van der Waals surface area contributed by atoms with Gasteiger partial charge in [-0.25, -0.2) is 10.1 Å². The number of hydrazine groups is 1. The van der Waals surface area contributed by atoms with E-state index >= 15 is 0 Å². The molecule has 0 saturated heterocycles. The topological polar surface area (TPSA) is 68.8 Å². The van der Waals surface area contributed by atoms with Crippen molar-refractivity contribution in [1.82, 2.24) is 20.4 Å². The highest BCUT2D eigenvalue weighted by molar-refractivity contribution is 9.10. The maximum atomic E-state index is 5.79. The van der Waals surface area contributed by atoms with Gasteiger partial charge in [-0.05, 0) is 53.2 Å². The molecule has 1 aliphatic carbocycles. The van der Waals surface area contributed by atoms with Crippen LogP contribution < -0.4 is 11.3 Å². The highest BCUT2D eigenvalue weighted by atomic mass is 79.9. The summed E-state index contributed by atoms with van der Waals surface area (Å²) in [4.78, 5) is 2.76. The molecule has 1 atom stereocenters. The van der Waals surface area contributed by atoms with Crippen LogP contribution in [0.3, 0.4) is 0 Å². The van der Waals surface area contributed by atoms with E-state index in [9.17, 15) is 0 Å². The molecule has 0 bridgehead atoms. The highest BCUT2D eigenvalue weighted by Gasteiger charge is 2.24. The van der Waals surface area contributed by atoms with Crippen molar-refractivity contribution in [2.45, 2.75) is 38.1 Å². The smallest absolute Gasteiger partial charge is 0.153 e. The third-order valence-corrected chi connectivity index (χ3v) is 5.68. The van der Waals surface area contributed by atoms with Gasteiger partial charge in [0.2, 0.25) is 0 Å². The van der Waals surface area contributed by atoms with E-state index in [1.807, 2.05) is 18.4 Å². The van der Waals surface area contributed by atoms with Gasteiger partial charge in [-0.3, -0.25) is 5.84 Å². The van der Waals surface area contributed by atoms with E-state index in [-0.39, 0.29) is 6.04 Å². The summed E-state index contributed by atoms with van der Waals surface area (Å²) in [5.74, 6) is 5.79. The number of hydrogen-bond donors (Lipinski definition) is 2. The average Bonchev–Trinajstić information content (AvgIpc) is 2.90. The van der Waals surface area contributed by atoms with Gasteiger partial charge in [0.15, 0.2) is 4.60 Å². The first-order valence-electron chi connectivity index (χ1n) is 6.83. The monoisotopic (exact) mass is 355 g/mol. The van der Waals surface area contributed by atoms with Crippen LogP contribution in [0.1, 0.15) is 46.3 Å². The number of thiophene rings is 1. The number of nitrogens with two attached hydrogens (primary N) is 1. The molecule has 0 spiro atoms. The van der Waals surface area contributed by atoms with Crippen molar-refractivity contribution in [2.75, 3.05) is 0 Å². The fourth-order valence-corrected chi connectivity index (χ4v) is 4.65. The number of aromatic nitrogens is 3. The molecule has 1 aliphatic rings. The van der Waals surface area contributed by atoms with Gasteiger partial charge in [-0.15, -0.1) is 16.4 Å². The van der Waals surface area contributed by atoms with Crippen LogP contribution in [0.5, 0.6) is 0 Å². The number of nitrogens with one attached hydrogen (secondary N) is 1. The van der Waals surface area contributed by atoms with Crippen LogP contribution in [-0.2, 0) is 19.9 Å². The first-order chi connectivity index (χ1) is 9.70. The maximum Gasteiger partial charge on any atom is 0.153 e. The SMILES string of the molecule is Cn1nnc(Br)c1C(NN)c1cc2c(s1)CCCCC2. The van der Waals surface area contributed by atoms with Crippen LogP contribution in [0.4, 0.5) is 0 Å². The van der Waals surface area contributed by atoms with Crippen molar-refractivity contribution in [3.05, 3.63) is 31.7 Å². The summed E-state index contributed by atoms with van der Waals surface area (Å²) in [6, 6.07) is 2.23. The number of nitrogens with zero attached hydrogens (tertiary/aromatic N) is 3. The van der Waals surface area contributed by atoms with Crippen molar-refractivity contribution in [1.29, 1.82) is 0 Å². The molecular weight excluding hydrogens is 338 g/mol. The quantitative estimate of drug-likeness (QED) is 0.504. The van der Waals surface area contributed by atoms with E-state index < -0.39 is 0 Å². The van der Waals surface area contributed by atoms with Crippen LogP contribution in [0.15, 0.2) is 10.7 Å². The summed E-state index contributed by atoms with van der Waals surface area (Å²) in [6.45, 7) is 0. The number of fused-ring (bicyclic) bond motifs is 1. The fourth-order valence-electron chi connectivity index (χ4n) is 2.77. The number of rotatable bonds is 3.